The van der Waals surface area contributed by atoms with Gasteiger partial charge in [-0.2, -0.15) is 18.3 Å². The third-order valence-corrected chi connectivity index (χ3v) is 7.20. The average Bonchev–Trinajstić information content (AvgIpc) is 3.67. The van der Waals surface area contributed by atoms with Gasteiger partial charge < -0.3 is 21.1 Å². The number of halogens is 3. The first kappa shape index (κ1) is 30.0. The molecule has 0 radical (unpaired) electrons. The summed E-state index contributed by atoms with van der Waals surface area (Å²) < 4.78 is 33.4. The Bertz CT molecular complexity index is 1300. The van der Waals surface area contributed by atoms with Crippen LogP contribution in [0.25, 0.3) is 5.69 Å². The highest BCUT2D eigenvalue weighted by Gasteiger charge is 2.38. The minimum absolute atomic E-state index is 0.0516. The van der Waals surface area contributed by atoms with E-state index < -0.39 is 12.1 Å². The van der Waals surface area contributed by atoms with E-state index in [9.17, 15) is 18.0 Å². The van der Waals surface area contributed by atoms with Crippen molar-refractivity contribution < 1.29 is 27.9 Å². The van der Waals surface area contributed by atoms with Crippen LogP contribution in [0.2, 0.25) is 0 Å². The summed E-state index contributed by atoms with van der Waals surface area (Å²) in [5, 5.41) is 26.1. The second kappa shape index (κ2) is 13.6. The Kier molecular flexibility index (Phi) is 9.91. The van der Waals surface area contributed by atoms with Crippen LogP contribution in [0.4, 0.5) is 18.0 Å². The summed E-state index contributed by atoms with van der Waals surface area (Å²) in [7, 11) is 0. The number of carbonyl (C=O) groups excluding carboxylic acids is 1. The number of aromatic amines is 1. The third-order valence-electron chi connectivity index (χ3n) is 7.20. The maximum absolute atomic E-state index is 12.9. The molecule has 1 aliphatic carbocycles. The molecule has 3 heterocycles. The fourth-order valence-electron chi connectivity index (χ4n) is 5.02. The third kappa shape index (κ3) is 8.25. The molecule has 1 aromatic carbocycles. The molecule has 5 rings (SSSR count). The number of carboxylic acids is 1. The van der Waals surface area contributed by atoms with Gasteiger partial charge in [0.15, 0.2) is 5.82 Å². The minimum Gasteiger partial charge on any atom is -0.475 e. The number of alkyl halides is 3. The highest BCUT2D eigenvalue weighted by Crippen LogP contribution is 2.32. The van der Waals surface area contributed by atoms with E-state index in [0.29, 0.717) is 25.6 Å². The molecule has 3 aromatic rings. The van der Waals surface area contributed by atoms with Gasteiger partial charge in [-0.05, 0) is 43.4 Å². The molecule has 2 amide bonds. The Morgan fingerprint density at radius 2 is 1.85 bits per heavy atom. The minimum atomic E-state index is -5.08. The summed E-state index contributed by atoms with van der Waals surface area (Å²) in [5.74, 6) is -0.182. The van der Waals surface area contributed by atoms with Gasteiger partial charge in [0.05, 0.1) is 17.6 Å². The monoisotopic (exact) mass is 577 g/mol. The molecule has 0 bridgehead atoms. The molecule has 1 aliphatic heterocycles. The first-order valence-electron chi connectivity index (χ1n) is 13.6. The largest absolute Gasteiger partial charge is 0.490 e. The molecule has 15 heteroatoms. The fourth-order valence-corrected chi connectivity index (χ4v) is 5.02. The summed E-state index contributed by atoms with van der Waals surface area (Å²) in [6.07, 6.45) is 4.95. The number of rotatable bonds is 6. The predicted octanol–water partition coefficient (Wildman–Crippen LogP) is 3.61. The predicted molar refractivity (Wildman–Crippen MR) is 141 cm³/mol. The maximum atomic E-state index is 12.9. The van der Waals surface area contributed by atoms with Gasteiger partial charge in [0.1, 0.15) is 5.82 Å². The number of amides is 2. The standard InChI is InChI=1S/C24H33N9O.C2HF3O2/c25-13-20-16-33(31-28-20)21-10-4-6-17(12-21)14-26-24(34)32-11-5-9-19(15-32)23-27-22(29-30-23)18-7-2-1-3-8-18;3-2(4,5)1(6)7/h4,6,10,12,16,18-19H,1-3,5,7-9,11,13-15,25H2,(H,26,34)(H,27,29,30);(H,6,7). The van der Waals surface area contributed by atoms with Crippen molar-refractivity contribution >= 4 is 12.0 Å². The van der Waals surface area contributed by atoms with Crippen LogP contribution in [0.15, 0.2) is 30.5 Å². The van der Waals surface area contributed by atoms with Gasteiger partial charge >= 0.3 is 18.2 Å². The summed E-state index contributed by atoms with van der Waals surface area (Å²) in [6.45, 7) is 2.19. The van der Waals surface area contributed by atoms with Crippen LogP contribution in [0, 0.1) is 0 Å². The molecule has 12 nitrogen and oxygen atoms in total. The normalized spacial score (nSPS) is 18.0. The van der Waals surface area contributed by atoms with Gasteiger partial charge in [0.25, 0.3) is 0 Å². The van der Waals surface area contributed by atoms with Crippen LogP contribution < -0.4 is 11.1 Å². The number of aromatic nitrogens is 6. The average molecular weight is 578 g/mol. The number of urea groups is 1. The van der Waals surface area contributed by atoms with Crippen molar-refractivity contribution in [1.29, 1.82) is 0 Å². The van der Waals surface area contributed by atoms with E-state index in [-0.39, 0.29) is 11.9 Å². The van der Waals surface area contributed by atoms with Crippen LogP contribution in [-0.2, 0) is 17.9 Å². The van der Waals surface area contributed by atoms with Crippen LogP contribution >= 0.6 is 0 Å². The topological polar surface area (TPSA) is 168 Å². The molecule has 0 spiro atoms. The highest BCUT2D eigenvalue weighted by molar-refractivity contribution is 5.74. The van der Waals surface area contributed by atoms with Crippen LogP contribution in [0.5, 0.6) is 0 Å². The zero-order valence-electron chi connectivity index (χ0n) is 22.5. The lowest BCUT2D eigenvalue weighted by Crippen LogP contribution is -2.44. The first-order valence-corrected chi connectivity index (χ1v) is 13.6. The maximum Gasteiger partial charge on any atom is 0.490 e. The fraction of sp³-hybridized carbons (Fsp3) is 0.538. The van der Waals surface area contributed by atoms with Crippen LogP contribution in [0.3, 0.4) is 0 Å². The SMILES string of the molecule is NCc1cn(-c2cccc(CNC(=O)N3CCCC(c4n[nH]c(C5CCCCC5)n4)C3)c2)nn1.O=C(O)C(F)(F)F. The number of nitrogens with two attached hydrogens (primary N) is 1. The number of carboxylic acid groups (broad SMARTS) is 1. The molecule has 41 heavy (non-hydrogen) atoms. The van der Waals surface area contributed by atoms with Crippen molar-refractivity contribution in [2.45, 2.75) is 76.0 Å². The summed E-state index contributed by atoms with van der Waals surface area (Å²) >= 11 is 0. The van der Waals surface area contributed by atoms with Gasteiger partial charge in [-0.15, -0.1) is 5.10 Å². The Morgan fingerprint density at radius 3 is 2.54 bits per heavy atom. The molecule has 5 N–H and O–H groups in total. The van der Waals surface area contributed by atoms with Gasteiger partial charge in [-0.3, -0.25) is 5.10 Å². The molecule has 1 atom stereocenters. The molecular weight excluding hydrogens is 543 g/mol. The highest BCUT2D eigenvalue weighted by atomic mass is 19.4. The van der Waals surface area contributed by atoms with E-state index in [1.54, 1.807) is 4.68 Å². The lowest BCUT2D eigenvalue weighted by molar-refractivity contribution is -0.192. The number of H-pyrrole nitrogens is 1. The molecule has 2 aliphatic rings. The lowest BCUT2D eigenvalue weighted by Gasteiger charge is -2.31. The molecule has 1 saturated carbocycles. The number of benzene rings is 1. The number of piperidine rings is 1. The number of likely N-dealkylation sites (tertiary alicyclic amines) is 1. The molecule has 1 unspecified atom stereocenters. The smallest absolute Gasteiger partial charge is 0.475 e. The number of aliphatic carboxylic acids is 1. The molecular formula is C26H34F3N9O3. The summed E-state index contributed by atoms with van der Waals surface area (Å²) in [6, 6.07) is 7.83. The van der Waals surface area contributed by atoms with Crippen molar-refractivity contribution in [1.82, 2.24) is 40.4 Å². The van der Waals surface area contributed by atoms with Crippen molar-refractivity contribution in [3.05, 3.63) is 53.4 Å². The van der Waals surface area contributed by atoms with Gasteiger partial charge in [-0.25, -0.2) is 19.3 Å². The quantitative estimate of drug-likeness (QED) is 0.345. The van der Waals surface area contributed by atoms with Crippen molar-refractivity contribution in [3.63, 3.8) is 0 Å². The molecule has 2 fully saturated rings. The summed E-state index contributed by atoms with van der Waals surface area (Å²) in [4.78, 5) is 28.6. The van der Waals surface area contributed by atoms with Crippen LogP contribution in [0.1, 0.15) is 79.7 Å². The van der Waals surface area contributed by atoms with Crippen molar-refractivity contribution in [3.8, 4) is 5.69 Å². The van der Waals surface area contributed by atoms with Gasteiger partial charge in [-0.1, -0.05) is 36.6 Å². The molecule has 222 valence electrons. The van der Waals surface area contributed by atoms with Gasteiger partial charge in [0.2, 0.25) is 0 Å². The van der Waals surface area contributed by atoms with E-state index in [1.807, 2.05) is 35.4 Å². The van der Waals surface area contributed by atoms with E-state index >= 15 is 0 Å². The zero-order chi connectivity index (χ0) is 29.4. The second-order valence-corrected chi connectivity index (χ2v) is 10.2. The Balaban J connectivity index is 0.000000493. The zero-order valence-corrected chi connectivity index (χ0v) is 22.5. The Hall–Kier alpha value is -4.01. The molecule has 1 saturated heterocycles. The van der Waals surface area contributed by atoms with E-state index in [2.05, 4.69) is 25.8 Å². The number of nitrogens with zero attached hydrogens (tertiary/aromatic N) is 6. The van der Waals surface area contributed by atoms with Crippen molar-refractivity contribution in [2.24, 2.45) is 5.73 Å². The summed E-state index contributed by atoms with van der Waals surface area (Å²) in [5.41, 5.74) is 8.24. The van der Waals surface area contributed by atoms with E-state index in [1.165, 1.54) is 32.1 Å². The lowest BCUT2D eigenvalue weighted by atomic mass is 9.89. The Labute approximate surface area is 234 Å². The first-order chi connectivity index (χ1) is 19.6. The van der Waals surface area contributed by atoms with E-state index in [4.69, 9.17) is 20.6 Å². The Morgan fingerprint density at radius 1 is 1.12 bits per heavy atom. The number of hydrogen-bond donors (Lipinski definition) is 4. The second-order valence-electron chi connectivity index (χ2n) is 10.2. The van der Waals surface area contributed by atoms with Crippen molar-refractivity contribution in [2.75, 3.05) is 13.1 Å². The van der Waals surface area contributed by atoms with Gasteiger partial charge in [0, 0.05) is 38.0 Å². The number of carbonyl (C=O) groups is 2. The van der Waals surface area contributed by atoms with Crippen LogP contribution in [-0.4, -0.2) is 71.4 Å². The van der Waals surface area contributed by atoms with E-state index in [0.717, 1.165) is 48.0 Å². The molecule has 2 aromatic heterocycles. The number of hydrogen-bond acceptors (Lipinski definition) is 7. The number of nitrogens with one attached hydrogen (secondary N) is 2.